The summed E-state index contributed by atoms with van der Waals surface area (Å²) in [6.45, 7) is 3.69. The lowest BCUT2D eigenvalue weighted by atomic mass is 10.1. The Labute approximate surface area is 135 Å². The van der Waals surface area contributed by atoms with Crippen molar-refractivity contribution in [3.8, 4) is 5.75 Å². The minimum Gasteiger partial charge on any atom is -0.496 e. The number of anilines is 1. The topological polar surface area (TPSA) is 41.6 Å². The van der Waals surface area contributed by atoms with Gasteiger partial charge in [-0.1, -0.05) is 18.2 Å². The van der Waals surface area contributed by atoms with Gasteiger partial charge in [0.05, 0.1) is 13.2 Å². The lowest BCUT2D eigenvalue weighted by Crippen LogP contribution is -2.34. The Hall–Kier alpha value is -2.56. The standard InChI is InChI=1S/C18H21FN2O2/c1-12-11-14(9-10-17(12)23-4)20-18(22)21(3)13(2)15-7-5-6-8-16(15)19/h5-11,13H,1-4H3,(H,20,22). The van der Waals surface area contributed by atoms with Gasteiger partial charge in [-0.25, -0.2) is 9.18 Å². The summed E-state index contributed by atoms with van der Waals surface area (Å²) in [5.74, 6) is 0.441. The van der Waals surface area contributed by atoms with Crippen LogP contribution < -0.4 is 10.1 Å². The molecule has 0 aliphatic heterocycles. The van der Waals surface area contributed by atoms with E-state index in [9.17, 15) is 9.18 Å². The fourth-order valence-corrected chi connectivity index (χ4v) is 2.37. The van der Waals surface area contributed by atoms with Gasteiger partial charge in [-0.3, -0.25) is 0 Å². The SMILES string of the molecule is COc1ccc(NC(=O)N(C)C(C)c2ccccc2F)cc1C. The second kappa shape index (κ2) is 7.13. The van der Waals surface area contributed by atoms with Crippen molar-refractivity contribution in [3.05, 3.63) is 59.4 Å². The normalized spacial score (nSPS) is 11.7. The maximum Gasteiger partial charge on any atom is 0.322 e. The molecule has 1 unspecified atom stereocenters. The second-order valence-corrected chi connectivity index (χ2v) is 5.42. The first-order valence-corrected chi connectivity index (χ1v) is 7.37. The Bertz CT molecular complexity index is 703. The van der Waals surface area contributed by atoms with Crippen molar-refractivity contribution in [2.45, 2.75) is 19.9 Å². The van der Waals surface area contributed by atoms with Gasteiger partial charge < -0.3 is 15.0 Å². The highest BCUT2D eigenvalue weighted by Gasteiger charge is 2.20. The highest BCUT2D eigenvalue weighted by atomic mass is 19.1. The van der Waals surface area contributed by atoms with Gasteiger partial charge in [0.25, 0.3) is 0 Å². The summed E-state index contributed by atoms with van der Waals surface area (Å²) >= 11 is 0. The summed E-state index contributed by atoms with van der Waals surface area (Å²) in [4.78, 5) is 13.8. The number of urea groups is 1. The molecule has 0 aliphatic carbocycles. The van der Waals surface area contributed by atoms with Crippen LogP contribution in [-0.2, 0) is 0 Å². The number of carbonyl (C=O) groups is 1. The first kappa shape index (κ1) is 16.8. The predicted octanol–water partition coefficient (Wildman–Crippen LogP) is 4.37. The molecule has 0 heterocycles. The Morgan fingerprint density at radius 2 is 1.96 bits per heavy atom. The van der Waals surface area contributed by atoms with Gasteiger partial charge in [-0.05, 0) is 43.7 Å². The van der Waals surface area contributed by atoms with Crippen LogP contribution in [0.4, 0.5) is 14.9 Å². The fourth-order valence-electron chi connectivity index (χ4n) is 2.37. The molecule has 0 aliphatic rings. The quantitative estimate of drug-likeness (QED) is 0.910. The number of hydrogen-bond donors (Lipinski definition) is 1. The number of benzene rings is 2. The monoisotopic (exact) mass is 316 g/mol. The van der Waals surface area contributed by atoms with Crippen LogP contribution in [0.3, 0.4) is 0 Å². The molecule has 5 heteroatoms. The minimum atomic E-state index is -0.379. The average molecular weight is 316 g/mol. The van der Waals surface area contributed by atoms with Gasteiger partial charge in [0.2, 0.25) is 0 Å². The molecule has 0 radical (unpaired) electrons. The van der Waals surface area contributed by atoms with E-state index in [0.29, 0.717) is 11.3 Å². The molecule has 0 fully saturated rings. The van der Waals surface area contributed by atoms with Crippen molar-refractivity contribution in [1.82, 2.24) is 4.90 Å². The average Bonchev–Trinajstić information content (AvgIpc) is 2.54. The summed E-state index contributed by atoms with van der Waals surface area (Å²) in [7, 11) is 3.24. The molecule has 122 valence electrons. The van der Waals surface area contributed by atoms with E-state index in [4.69, 9.17) is 4.74 Å². The lowest BCUT2D eigenvalue weighted by molar-refractivity contribution is 0.207. The highest BCUT2D eigenvalue weighted by Crippen LogP contribution is 2.24. The Kier molecular flexibility index (Phi) is 5.21. The summed E-state index contributed by atoms with van der Waals surface area (Å²) in [6.07, 6.45) is 0. The number of halogens is 1. The van der Waals surface area contributed by atoms with Gasteiger partial charge in [0.1, 0.15) is 11.6 Å². The van der Waals surface area contributed by atoms with E-state index in [-0.39, 0.29) is 17.9 Å². The molecule has 0 spiro atoms. The van der Waals surface area contributed by atoms with Crippen molar-refractivity contribution in [2.75, 3.05) is 19.5 Å². The predicted molar refractivity (Wildman–Crippen MR) is 89.3 cm³/mol. The second-order valence-electron chi connectivity index (χ2n) is 5.42. The number of carbonyl (C=O) groups excluding carboxylic acids is 1. The largest absolute Gasteiger partial charge is 0.496 e. The molecule has 4 nitrogen and oxygen atoms in total. The number of ether oxygens (including phenoxy) is 1. The van der Waals surface area contributed by atoms with Crippen molar-refractivity contribution in [2.24, 2.45) is 0 Å². The van der Waals surface area contributed by atoms with Crippen LogP contribution in [0, 0.1) is 12.7 Å². The van der Waals surface area contributed by atoms with E-state index in [1.807, 2.05) is 13.0 Å². The van der Waals surface area contributed by atoms with Crippen molar-refractivity contribution >= 4 is 11.7 Å². The molecule has 0 saturated heterocycles. The molecule has 0 saturated carbocycles. The minimum absolute atomic E-state index is 0.301. The zero-order valence-electron chi connectivity index (χ0n) is 13.8. The maximum atomic E-state index is 13.9. The van der Waals surface area contributed by atoms with E-state index in [2.05, 4.69) is 5.32 Å². The molecule has 2 amide bonds. The molecule has 1 atom stereocenters. The summed E-state index contributed by atoms with van der Waals surface area (Å²) in [6, 6.07) is 11.2. The molecular formula is C18H21FN2O2. The third-order valence-corrected chi connectivity index (χ3v) is 3.90. The fraction of sp³-hybridized carbons (Fsp3) is 0.278. The van der Waals surface area contributed by atoms with Crippen LogP contribution in [0.2, 0.25) is 0 Å². The molecule has 2 aromatic rings. The van der Waals surface area contributed by atoms with Gasteiger partial charge in [-0.2, -0.15) is 0 Å². The number of hydrogen-bond acceptors (Lipinski definition) is 2. The molecule has 23 heavy (non-hydrogen) atoms. The molecular weight excluding hydrogens is 295 g/mol. The van der Waals surface area contributed by atoms with Gasteiger partial charge in [0.15, 0.2) is 0 Å². The Balaban J connectivity index is 2.11. The van der Waals surface area contributed by atoms with Gasteiger partial charge >= 0.3 is 6.03 Å². The smallest absolute Gasteiger partial charge is 0.322 e. The van der Waals surface area contributed by atoms with Crippen molar-refractivity contribution in [1.29, 1.82) is 0 Å². The zero-order chi connectivity index (χ0) is 17.0. The van der Waals surface area contributed by atoms with Crippen LogP contribution >= 0.6 is 0 Å². The van der Waals surface area contributed by atoms with E-state index >= 15 is 0 Å². The highest BCUT2D eigenvalue weighted by molar-refractivity contribution is 5.89. The number of methoxy groups -OCH3 is 1. The zero-order valence-corrected chi connectivity index (χ0v) is 13.8. The summed E-state index contributed by atoms with van der Waals surface area (Å²) < 4.78 is 19.1. The Morgan fingerprint density at radius 1 is 1.26 bits per heavy atom. The molecule has 2 rings (SSSR count). The number of amides is 2. The Morgan fingerprint density at radius 3 is 2.57 bits per heavy atom. The van der Waals surface area contributed by atoms with E-state index in [1.54, 1.807) is 51.4 Å². The molecule has 0 bridgehead atoms. The summed E-state index contributed by atoms with van der Waals surface area (Å²) in [5.41, 5.74) is 2.08. The van der Waals surface area contributed by atoms with Crippen LogP contribution in [0.1, 0.15) is 24.1 Å². The van der Waals surface area contributed by atoms with E-state index in [1.165, 1.54) is 11.0 Å². The number of rotatable bonds is 4. The molecule has 0 aromatic heterocycles. The first-order chi connectivity index (χ1) is 10.9. The number of nitrogens with one attached hydrogen (secondary N) is 1. The van der Waals surface area contributed by atoms with Crippen LogP contribution in [0.15, 0.2) is 42.5 Å². The van der Waals surface area contributed by atoms with Crippen LogP contribution in [0.5, 0.6) is 5.75 Å². The van der Waals surface area contributed by atoms with E-state index < -0.39 is 0 Å². The summed E-state index contributed by atoms with van der Waals surface area (Å²) in [5, 5.41) is 2.81. The van der Waals surface area contributed by atoms with Crippen LogP contribution in [0.25, 0.3) is 0 Å². The first-order valence-electron chi connectivity index (χ1n) is 7.37. The maximum absolute atomic E-state index is 13.9. The third-order valence-electron chi connectivity index (χ3n) is 3.90. The number of nitrogens with zero attached hydrogens (tertiary/aromatic N) is 1. The van der Waals surface area contributed by atoms with Crippen molar-refractivity contribution in [3.63, 3.8) is 0 Å². The lowest BCUT2D eigenvalue weighted by Gasteiger charge is -2.26. The molecule has 2 aromatic carbocycles. The van der Waals surface area contributed by atoms with Crippen molar-refractivity contribution < 1.29 is 13.9 Å². The number of aryl methyl sites for hydroxylation is 1. The van der Waals surface area contributed by atoms with E-state index in [0.717, 1.165) is 11.3 Å². The van der Waals surface area contributed by atoms with Gasteiger partial charge in [-0.15, -0.1) is 0 Å². The third kappa shape index (κ3) is 3.80. The van der Waals surface area contributed by atoms with Crippen LogP contribution in [-0.4, -0.2) is 25.1 Å². The molecule has 1 N–H and O–H groups in total. The van der Waals surface area contributed by atoms with Gasteiger partial charge in [0, 0.05) is 18.3 Å².